The molecule has 0 aliphatic carbocycles. The maximum Gasteiger partial charge on any atom is 0.321 e. The molecule has 0 saturated heterocycles. The highest BCUT2D eigenvalue weighted by atomic mass is 32.2. The standard InChI is InChI=1S/C6H13NO4S/c1-4(2)5(6(8)9)7-12(3,10)11/h4-5,7H,1-3H3,(H,8,9)/t5-/m0/s1. The molecule has 0 spiro atoms. The van der Waals surface area contributed by atoms with E-state index in [1.54, 1.807) is 13.8 Å². The molecule has 0 aliphatic heterocycles. The predicted molar refractivity (Wildman–Crippen MR) is 44.2 cm³/mol. The molecule has 0 aromatic heterocycles. The van der Waals surface area contributed by atoms with E-state index >= 15 is 0 Å². The van der Waals surface area contributed by atoms with Gasteiger partial charge in [0.15, 0.2) is 0 Å². The quantitative estimate of drug-likeness (QED) is 0.642. The monoisotopic (exact) mass is 195 g/mol. The maximum atomic E-state index is 10.7. The number of hydrogen-bond donors (Lipinski definition) is 2. The van der Waals surface area contributed by atoms with Gasteiger partial charge >= 0.3 is 5.97 Å². The van der Waals surface area contributed by atoms with Gasteiger partial charge in [0.1, 0.15) is 6.04 Å². The molecule has 5 nitrogen and oxygen atoms in total. The molecule has 6 heteroatoms. The van der Waals surface area contributed by atoms with Crippen LogP contribution in [0.15, 0.2) is 0 Å². The molecule has 0 unspecified atom stereocenters. The van der Waals surface area contributed by atoms with Crippen LogP contribution in [0, 0.1) is 5.92 Å². The number of carboxylic acid groups (broad SMARTS) is 1. The molecule has 0 saturated carbocycles. The Morgan fingerprint density at radius 3 is 1.92 bits per heavy atom. The van der Waals surface area contributed by atoms with Crippen LogP contribution in [-0.2, 0) is 14.8 Å². The molecular weight excluding hydrogens is 182 g/mol. The molecule has 0 fully saturated rings. The molecule has 0 amide bonds. The van der Waals surface area contributed by atoms with Crippen LogP contribution in [0.1, 0.15) is 13.8 Å². The highest BCUT2D eigenvalue weighted by molar-refractivity contribution is 7.88. The molecule has 0 aromatic carbocycles. The van der Waals surface area contributed by atoms with Crippen molar-refractivity contribution in [2.24, 2.45) is 5.92 Å². The van der Waals surface area contributed by atoms with E-state index in [4.69, 9.17) is 5.11 Å². The van der Waals surface area contributed by atoms with E-state index in [1.807, 2.05) is 4.72 Å². The number of rotatable bonds is 4. The summed E-state index contributed by atoms with van der Waals surface area (Å²) in [4.78, 5) is 10.5. The van der Waals surface area contributed by atoms with Crippen LogP contribution < -0.4 is 4.72 Å². The lowest BCUT2D eigenvalue weighted by Crippen LogP contribution is -2.43. The van der Waals surface area contributed by atoms with Crippen LogP contribution in [0.2, 0.25) is 0 Å². The van der Waals surface area contributed by atoms with Gasteiger partial charge in [-0.25, -0.2) is 13.1 Å². The van der Waals surface area contributed by atoms with E-state index in [9.17, 15) is 13.2 Å². The third-order valence-corrected chi connectivity index (χ3v) is 1.96. The van der Waals surface area contributed by atoms with Crippen LogP contribution in [0.25, 0.3) is 0 Å². The molecule has 0 aliphatic rings. The first-order valence-electron chi connectivity index (χ1n) is 3.44. The Morgan fingerprint density at radius 2 is 1.83 bits per heavy atom. The number of carboxylic acids is 1. The third kappa shape index (κ3) is 4.30. The molecule has 72 valence electrons. The number of carbonyl (C=O) groups is 1. The Morgan fingerprint density at radius 1 is 1.42 bits per heavy atom. The first-order valence-corrected chi connectivity index (χ1v) is 5.33. The lowest BCUT2D eigenvalue weighted by molar-refractivity contribution is -0.140. The minimum atomic E-state index is -3.44. The van der Waals surface area contributed by atoms with E-state index in [1.165, 1.54) is 0 Å². The summed E-state index contributed by atoms with van der Waals surface area (Å²) in [7, 11) is -3.44. The van der Waals surface area contributed by atoms with Gasteiger partial charge in [0.2, 0.25) is 10.0 Å². The van der Waals surface area contributed by atoms with Crippen molar-refractivity contribution in [2.75, 3.05) is 6.26 Å². The van der Waals surface area contributed by atoms with Crippen LogP contribution >= 0.6 is 0 Å². The fourth-order valence-electron chi connectivity index (χ4n) is 0.702. The van der Waals surface area contributed by atoms with Gasteiger partial charge in [-0.15, -0.1) is 0 Å². The Bertz CT molecular complexity index is 257. The van der Waals surface area contributed by atoms with Crippen molar-refractivity contribution in [2.45, 2.75) is 19.9 Å². The average Bonchev–Trinajstić information content (AvgIpc) is 1.79. The van der Waals surface area contributed by atoms with Gasteiger partial charge in [-0.05, 0) is 5.92 Å². The Balaban J connectivity index is 4.46. The number of aliphatic carboxylic acids is 1. The molecule has 0 aromatic rings. The number of hydrogen-bond acceptors (Lipinski definition) is 3. The van der Waals surface area contributed by atoms with E-state index in [0.29, 0.717) is 0 Å². The van der Waals surface area contributed by atoms with Crippen LogP contribution in [0.5, 0.6) is 0 Å². The first-order chi connectivity index (χ1) is 5.24. The molecule has 12 heavy (non-hydrogen) atoms. The molecular formula is C6H13NO4S. The minimum Gasteiger partial charge on any atom is -0.480 e. The van der Waals surface area contributed by atoms with Gasteiger partial charge in [0, 0.05) is 0 Å². The first kappa shape index (κ1) is 11.4. The van der Waals surface area contributed by atoms with Crippen molar-refractivity contribution in [1.82, 2.24) is 4.72 Å². The molecule has 0 radical (unpaired) electrons. The van der Waals surface area contributed by atoms with Crippen LogP contribution in [-0.4, -0.2) is 31.8 Å². The Hall–Kier alpha value is -0.620. The maximum absolute atomic E-state index is 10.7. The molecule has 0 heterocycles. The van der Waals surface area contributed by atoms with Crippen molar-refractivity contribution in [3.8, 4) is 0 Å². The van der Waals surface area contributed by atoms with Gasteiger partial charge in [0.25, 0.3) is 0 Å². The Kier molecular flexibility index (Phi) is 3.66. The van der Waals surface area contributed by atoms with Crippen LogP contribution in [0.4, 0.5) is 0 Å². The van der Waals surface area contributed by atoms with E-state index < -0.39 is 22.0 Å². The smallest absolute Gasteiger partial charge is 0.321 e. The summed E-state index contributed by atoms with van der Waals surface area (Å²) in [5, 5.41) is 8.58. The summed E-state index contributed by atoms with van der Waals surface area (Å²) >= 11 is 0. The van der Waals surface area contributed by atoms with E-state index in [0.717, 1.165) is 6.26 Å². The third-order valence-electron chi connectivity index (χ3n) is 1.27. The summed E-state index contributed by atoms with van der Waals surface area (Å²) in [6, 6.07) is -1.04. The lowest BCUT2D eigenvalue weighted by Gasteiger charge is -2.15. The second-order valence-corrected chi connectivity index (χ2v) is 4.73. The summed E-state index contributed by atoms with van der Waals surface area (Å²) < 4.78 is 23.4. The summed E-state index contributed by atoms with van der Waals surface area (Å²) in [5.41, 5.74) is 0. The second-order valence-electron chi connectivity index (χ2n) is 2.95. The molecule has 2 N–H and O–H groups in total. The second kappa shape index (κ2) is 3.86. The van der Waals surface area contributed by atoms with Gasteiger partial charge in [-0.1, -0.05) is 13.8 Å². The van der Waals surface area contributed by atoms with Crippen molar-refractivity contribution in [3.63, 3.8) is 0 Å². The largest absolute Gasteiger partial charge is 0.480 e. The number of sulfonamides is 1. The average molecular weight is 195 g/mol. The van der Waals surface area contributed by atoms with Gasteiger partial charge in [-0.2, -0.15) is 0 Å². The van der Waals surface area contributed by atoms with E-state index in [-0.39, 0.29) is 5.92 Å². The zero-order valence-corrected chi connectivity index (χ0v) is 8.05. The van der Waals surface area contributed by atoms with Crippen molar-refractivity contribution in [3.05, 3.63) is 0 Å². The van der Waals surface area contributed by atoms with Gasteiger partial charge in [0.05, 0.1) is 6.26 Å². The predicted octanol–water partition coefficient (Wildman–Crippen LogP) is -0.355. The molecule has 0 rings (SSSR count). The van der Waals surface area contributed by atoms with Gasteiger partial charge < -0.3 is 5.11 Å². The fourth-order valence-corrected chi connectivity index (χ4v) is 1.54. The zero-order valence-electron chi connectivity index (χ0n) is 7.23. The minimum absolute atomic E-state index is 0.266. The van der Waals surface area contributed by atoms with Crippen LogP contribution in [0.3, 0.4) is 0 Å². The van der Waals surface area contributed by atoms with Crippen molar-refractivity contribution < 1.29 is 18.3 Å². The normalized spacial score (nSPS) is 14.7. The fraction of sp³-hybridized carbons (Fsp3) is 0.833. The molecule has 1 atom stereocenters. The zero-order chi connectivity index (χ0) is 9.94. The Labute approximate surface area is 71.8 Å². The lowest BCUT2D eigenvalue weighted by atomic mass is 10.1. The van der Waals surface area contributed by atoms with Crippen molar-refractivity contribution >= 4 is 16.0 Å². The summed E-state index contributed by atoms with van der Waals surface area (Å²) in [6.45, 7) is 3.27. The molecule has 0 bridgehead atoms. The SMILES string of the molecule is CC(C)[C@H](NS(C)(=O)=O)C(=O)O. The highest BCUT2D eigenvalue weighted by Gasteiger charge is 2.24. The summed E-state index contributed by atoms with van der Waals surface area (Å²) in [5.74, 6) is -1.42. The highest BCUT2D eigenvalue weighted by Crippen LogP contribution is 2.02. The summed E-state index contributed by atoms with van der Waals surface area (Å²) in [6.07, 6.45) is 0.936. The number of nitrogens with one attached hydrogen (secondary N) is 1. The van der Waals surface area contributed by atoms with Gasteiger partial charge in [-0.3, -0.25) is 4.79 Å². The van der Waals surface area contributed by atoms with Crippen molar-refractivity contribution in [1.29, 1.82) is 0 Å². The topological polar surface area (TPSA) is 83.5 Å². The van der Waals surface area contributed by atoms with E-state index in [2.05, 4.69) is 0 Å².